The van der Waals surface area contributed by atoms with Crippen LogP contribution < -0.4 is 5.32 Å². The molecule has 0 bridgehead atoms. The molecule has 1 heterocycles. The van der Waals surface area contributed by atoms with Crippen LogP contribution in [0.3, 0.4) is 0 Å². The van der Waals surface area contributed by atoms with Crippen LogP contribution >= 0.6 is 11.8 Å². The topological polar surface area (TPSA) is 102 Å². The van der Waals surface area contributed by atoms with E-state index in [1.807, 2.05) is 0 Å². The number of carboxylic acids is 2. The zero-order valence-electron chi connectivity index (χ0n) is 14.9. The van der Waals surface area contributed by atoms with Crippen LogP contribution in [0.15, 0.2) is 59.6 Å². The summed E-state index contributed by atoms with van der Waals surface area (Å²) in [6.45, 7) is 1.92. The number of aromatic amines is 1. The Morgan fingerprint density at radius 1 is 1.04 bits per heavy atom. The first-order valence-electron chi connectivity index (χ1n) is 8.36. The maximum Gasteiger partial charge on any atom is 0.414 e. The molecule has 2 aromatic carbocycles. The minimum absolute atomic E-state index is 0.928. The Labute approximate surface area is 161 Å². The average Bonchev–Trinajstić information content (AvgIpc) is 3.09. The van der Waals surface area contributed by atoms with Gasteiger partial charge in [-0.15, -0.1) is 11.8 Å². The summed E-state index contributed by atoms with van der Waals surface area (Å²) in [6, 6.07) is 17.2. The summed E-state index contributed by atoms with van der Waals surface area (Å²) in [4.78, 5) is 22.8. The van der Waals surface area contributed by atoms with Gasteiger partial charge in [0.25, 0.3) is 0 Å². The standard InChI is InChI=1S/C18H20N2S.C2H2O4/c1-21-16-8-6-14(7-9-16)12-19-11-10-15-13-20-18-5-3-2-4-17(15)18;3-1(4)2(5)6/h2-9,13,19-20H,10-12H2,1H3;(H,3,4)(H,5,6). The molecule has 4 N–H and O–H groups in total. The molecule has 3 rings (SSSR count). The third kappa shape index (κ3) is 6.47. The number of hydrogen-bond donors (Lipinski definition) is 4. The van der Waals surface area contributed by atoms with Gasteiger partial charge in [0, 0.05) is 28.5 Å². The molecule has 6 nitrogen and oxygen atoms in total. The molecule has 7 heteroatoms. The van der Waals surface area contributed by atoms with Gasteiger partial charge in [-0.3, -0.25) is 0 Å². The van der Waals surface area contributed by atoms with Gasteiger partial charge in [-0.05, 0) is 48.5 Å². The summed E-state index contributed by atoms with van der Waals surface area (Å²) in [5.74, 6) is -3.65. The van der Waals surface area contributed by atoms with Gasteiger partial charge in [-0.25, -0.2) is 9.59 Å². The maximum absolute atomic E-state index is 9.10. The van der Waals surface area contributed by atoms with Crippen molar-refractivity contribution in [2.24, 2.45) is 0 Å². The number of aromatic nitrogens is 1. The van der Waals surface area contributed by atoms with E-state index in [9.17, 15) is 0 Å². The smallest absolute Gasteiger partial charge is 0.414 e. The van der Waals surface area contributed by atoms with Crippen molar-refractivity contribution in [3.63, 3.8) is 0 Å². The van der Waals surface area contributed by atoms with Gasteiger partial charge in [0.15, 0.2) is 0 Å². The summed E-state index contributed by atoms with van der Waals surface area (Å²) in [7, 11) is 0. The number of rotatable bonds is 6. The number of carboxylic acid groups (broad SMARTS) is 2. The SMILES string of the molecule is CSc1ccc(CNCCc2c[nH]c3ccccc23)cc1.O=C(O)C(=O)O. The van der Waals surface area contributed by atoms with Crippen LogP contribution in [0.25, 0.3) is 10.9 Å². The zero-order valence-corrected chi connectivity index (χ0v) is 15.8. The van der Waals surface area contributed by atoms with Crippen LogP contribution in [-0.2, 0) is 22.6 Å². The summed E-state index contributed by atoms with van der Waals surface area (Å²) in [6.07, 6.45) is 5.28. The van der Waals surface area contributed by atoms with E-state index < -0.39 is 11.9 Å². The van der Waals surface area contributed by atoms with E-state index in [4.69, 9.17) is 19.8 Å². The molecular formula is C20H22N2O4S. The Bertz CT molecular complexity index is 878. The molecule has 0 saturated heterocycles. The van der Waals surface area contributed by atoms with Crippen molar-refractivity contribution < 1.29 is 19.8 Å². The van der Waals surface area contributed by atoms with E-state index in [1.165, 1.54) is 26.9 Å². The lowest BCUT2D eigenvalue weighted by molar-refractivity contribution is -0.159. The first kappa shape index (κ1) is 20.5. The molecule has 0 unspecified atom stereocenters. The fourth-order valence-corrected chi connectivity index (χ4v) is 2.95. The minimum Gasteiger partial charge on any atom is -0.473 e. The lowest BCUT2D eigenvalue weighted by Crippen LogP contribution is -2.16. The lowest BCUT2D eigenvalue weighted by Gasteiger charge is -2.05. The van der Waals surface area contributed by atoms with Crippen LogP contribution in [0.4, 0.5) is 0 Å². The molecule has 0 fully saturated rings. The average molecular weight is 386 g/mol. The van der Waals surface area contributed by atoms with E-state index in [2.05, 4.69) is 71.3 Å². The second kappa shape index (κ2) is 10.4. The van der Waals surface area contributed by atoms with Crippen LogP contribution in [0, 0.1) is 0 Å². The van der Waals surface area contributed by atoms with Gasteiger partial charge in [0.05, 0.1) is 0 Å². The molecule has 0 aliphatic heterocycles. The van der Waals surface area contributed by atoms with Crippen molar-refractivity contribution in [2.45, 2.75) is 17.9 Å². The predicted molar refractivity (Wildman–Crippen MR) is 107 cm³/mol. The Hall–Kier alpha value is -2.77. The van der Waals surface area contributed by atoms with Crippen LogP contribution in [0.2, 0.25) is 0 Å². The van der Waals surface area contributed by atoms with Crippen molar-refractivity contribution in [3.8, 4) is 0 Å². The first-order chi connectivity index (χ1) is 13.0. The quantitative estimate of drug-likeness (QED) is 0.294. The number of carbonyl (C=O) groups is 2. The van der Waals surface area contributed by atoms with E-state index >= 15 is 0 Å². The number of benzene rings is 2. The third-order valence-electron chi connectivity index (χ3n) is 3.92. The first-order valence-corrected chi connectivity index (χ1v) is 9.58. The van der Waals surface area contributed by atoms with E-state index in [0.717, 1.165) is 19.5 Å². The minimum atomic E-state index is -1.82. The third-order valence-corrected chi connectivity index (χ3v) is 4.66. The highest BCUT2D eigenvalue weighted by molar-refractivity contribution is 7.98. The summed E-state index contributed by atoms with van der Waals surface area (Å²) in [5, 5.41) is 19.6. The molecule has 0 aliphatic rings. The number of thioether (sulfide) groups is 1. The molecule has 27 heavy (non-hydrogen) atoms. The Balaban J connectivity index is 0.000000380. The molecule has 3 aromatic rings. The van der Waals surface area contributed by atoms with E-state index in [1.54, 1.807) is 11.8 Å². The van der Waals surface area contributed by atoms with Gasteiger partial charge in [0.1, 0.15) is 0 Å². The van der Waals surface area contributed by atoms with Crippen molar-refractivity contribution in [3.05, 3.63) is 65.9 Å². The normalized spacial score (nSPS) is 10.3. The van der Waals surface area contributed by atoms with Crippen LogP contribution in [0.5, 0.6) is 0 Å². The highest BCUT2D eigenvalue weighted by Gasteiger charge is 2.04. The van der Waals surface area contributed by atoms with E-state index in [0.29, 0.717) is 0 Å². The summed E-state index contributed by atoms with van der Waals surface area (Å²) in [5.41, 5.74) is 3.95. The zero-order chi connectivity index (χ0) is 19.6. The number of fused-ring (bicyclic) bond motifs is 1. The second-order valence-corrected chi connectivity index (χ2v) is 6.62. The largest absolute Gasteiger partial charge is 0.473 e. The highest BCUT2D eigenvalue weighted by Crippen LogP contribution is 2.18. The van der Waals surface area contributed by atoms with Gasteiger partial charge >= 0.3 is 11.9 Å². The van der Waals surface area contributed by atoms with Gasteiger partial charge in [0.2, 0.25) is 0 Å². The molecular weight excluding hydrogens is 364 g/mol. The van der Waals surface area contributed by atoms with Crippen molar-refractivity contribution in [1.29, 1.82) is 0 Å². The molecule has 0 radical (unpaired) electrons. The Morgan fingerprint density at radius 3 is 2.33 bits per heavy atom. The number of hydrogen-bond acceptors (Lipinski definition) is 4. The van der Waals surface area contributed by atoms with Crippen LogP contribution in [-0.4, -0.2) is 39.9 Å². The Morgan fingerprint density at radius 2 is 1.70 bits per heavy atom. The maximum atomic E-state index is 9.10. The number of H-pyrrole nitrogens is 1. The van der Waals surface area contributed by atoms with Crippen molar-refractivity contribution in [1.82, 2.24) is 10.3 Å². The molecule has 1 aromatic heterocycles. The molecule has 0 spiro atoms. The molecule has 0 amide bonds. The van der Waals surface area contributed by atoms with Crippen molar-refractivity contribution in [2.75, 3.05) is 12.8 Å². The molecule has 0 saturated carbocycles. The summed E-state index contributed by atoms with van der Waals surface area (Å²) < 4.78 is 0. The monoisotopic (exact) mass is 386 g/mol. The number of aliphatic carboxylic acids is 2. The Kier molecular flexibility index (Phi) is 7.91. The van der Waals surface area contributed by atoms with Crippen LogP contribution in [0.1, 0.15) is 11.1 Å². The molecule has 142 valence electrons. The fraction of sp³-hybridized carbons (Fsp3) is 0.200. The lowest BCUT2D eigenvalue weighted by atomic mass is 10.1. The van der Waals surface area contributed by atoms with Gasteiger partial charge < -0.3 is 20.5 Å². The van der Waals surface area contributed by atoms with Gasteiger partial charge in [-0.2, -0.15) is 0 Å². The summed E-state index contributed by atoms with van der Waals surface area (Å²) >= 11 is 1.78. The molecule has 0 aliphatic carbocycles. The predicted octanol–water partition coefficient (Wildman–Crippen LogP) is 3.38. The molecule has 0 atom stereocenters. The number of para-hydroxylation sites is 1. The van der Waals surface area contributed by atoms with Gasteiger partial charge in [-0.1, -0.05) is 30.3 Å². The second-order valence-electron chi connectivity index (χ2n) is 5.74. The number of nitrogens with one attached hydrogen (secondary N) is 2. The van der Waals surface area contributed by atoms with Crippen molar-refractivity contribution >= 4 is 34.6 Å². The highest BCUT2D eigenvalue weighted by atomic mass is 32.2. The fourth-order valence-electron chi connectivity index (χ4n) is 2.54. The van der Waals surface area contributed by atoms with E-state index in [-0.39, 0.29) is 0 Å².